The third-order valence-electron chi connectivity index (χ3n) is 3.11. The molecule has 3 nitrogen and oxygen atoms in total. The molecule has 1 aromatic rings. The molecule has 1 aliphatic heterocycles. The molecule has 1 aromatic carbocycles. The van der Waals surface area contributed by atoms with Gasteiger partial charge in [0.25, 0.3) is 0 Å². The number of carbonyl (C=O) groups is 1. The Kier molecular flexibility index (Phi) is 4.30. The Hall–Kier alpha value is -1.00. The van der Waals surface area contributed by atoms with Crippen molar-refractivity contribution in [3.8, 4) is 0 Å². The predicted octanol–water partition coefficient (Wildman–Crippen LogP) is 2.51. The van der Waals surface area contributed by atoms with Crippen LogP contribution in [-0.2, 0) is 4.79 Å². The summed E-state index contributed by atoms with van der Waals surface area (Å²) < 4.78 is 0. The molecular weight excluding hydrogens is 244 g/mol. The largest absolute Gasteiger partial charge is 0.311 e. The van der Waals surface area contributed by atoms with Crippen LogP contribution in [-0.4, -0.2) is 30.8 Å². The molecule has 1 heterocycles. The van der Waals surface area contributed by atoms with E-state index >= 15 is 0 Å². The second-order valence-electron chi connectivity index (χ2n) is 4.85. The standard InChI is InChI=1S/C14H20N2OS/c1-10(2)15-13-7-8-16(14(13)17)11-5-4-6-12(9-11)18-3/h4-6,9-10,13,15H,7-8H2,1-3H3. The van der Waals surface area contributed by atoms with Gasteiger partial charge in [0.15, 0.2) is 0 Å². The van der Waals surface area contributed by atoms with E-state index in [1.54, 1.807) is 11.8 Å². The highest BCUT2D eigenvalue weighted by Crippen LogP contribution is 2.26. The molecule has 0 aliphatic carbocycles. The molecule has 1 N–H and O–H groups in total. The first kappa shape index (κ1) is 13.4. The normalized spacial score (nSPS) is 19.9. The van der Waals surface area contributed by atoms with Gasteiger partial charge in [-0.05, 0) is 30.9 Å². The lowest BCUT2D eigenvalue weighted by Gasteiger charge is -2.19. The highest BCUT2D eigenvalue weighted by Gasteiger charge is 2.32. The maximum absolute atomic E-state index is 12.3. The van der Waals surface area contributed by atoms with Gasteiger partial charge in [0.1, 0.15) is 0 Å². The highest BCUT2D eigenvalue weighted by molar-refractivity contribution is 7.98. The van der Waals surface area contributed by atoms with E-state index in [0.717, 1.165) is 18.7 Å². The zero-order valence-electron chi connectivity index (χ0n) is 11.1. The molecule has 4 heteroatoms. The average molecular weight is 264 g/mol. The molecule has 0 bridgehead atoms. The van der Waals surface area contributed by atoms with E-state index < -0.39 is 0 Å². The summed E-state index contributed by atoms with van der Waals surface area (Å²) in [7, 11) is 0. The number of carbonyl (C=O) groups excluding carboxylic acids is 1. The third kappa shape index (κ3) is 2.87. The smallest absolute Gasteiger partial charge is 0.244 e. The van der Waals surface area contributed by atoms with Crippen molar-refractivity contribution in [3.63, 3.8) is 0 Å². The Morgan fingerprint density at radius 2 is 2.22 bits per heavy atom. The molecule has 0 aromatic heterocycles. The predicted molar refractivity (Wildman–Crippen MR) is 77.3 cm³/mol. The van der Waals surface area contributed by atoms with Gasteiger partial charge in [0.2, 0.25) is 5.91 Å². The summed E-state index contributed by atoms with van der Waals surface area (Å²) in [5.74, 6) is 0.196. The van der Waals surface area contributed by atoms with Crippen LogP contribution in [0.1, 0.15) is 20.3 Å². The van der Waals surface area contributed by atoms with Gasteiger partial charge in [-0.1, -0.05) is 19.9 Å². The van der Waals surface area contributed by atoms with Gasteiger partial charge in [-0.3, -0.25) is 4.79 Å². The fraction of sp³-hybridized carbons (Fsp3) is 0.500. The Bertz CT molecular complexity index is 434. The van der Waals surface area contributed by atoms with Crippen LogP contribution in [0.5, 0.6) is 0 Å². The van der Waals surface area contributed by atoms with Gasteiger partial charge < -0.3 is 10.2 Å². The fourth-order valence-corrected chi connectivity index (χ4v) is 2.72. The van der Waals surface area contributed by atoms with Gasteiger partial charge in [-0.2, -0.15) is 0 Å². The maximum atomic E-state index is 12.3. The Balaban J connectivity index is 2.12. The van der Waals surface area contributed by atoms with Crippen molar-refractivity contribution >= 4 is 23.4 Å². The molecule has 1 atom stereocenters. The lowest BCUT2D eigenvalue weighted by Crippen LogP contribution is -2.41. The van der Waals surface area contributed by atoms with Gasteiger partial charge in [-0.15, -0.1) is 11.8 Å². The quantitative estimate of drug-likeness (QED) is 0.848. The zero-order chi connectivity index (χ0) is 13.1. The summed E-state index contributed by atoms with van der Waals surface area (Å²) in [4.78, 5) is 15.4. The van der Waals surface area contributed by atoms with Crippen molar-refractivity contribution in [2.45, 2.75) is 37.2 Å². The first-order valence-corrected chi connectivity index (χ1v) is 7.56. The lowest BCUT2D eigenvalue weighted by atomic mass is 10.2. The summed E-state index contributed by atoms with van der Waals surface area (Å²) in [6, 6.07) is 8.49. The number of benzene rings is 1. The molecule has 1 unspecified atom stereocenters. The monoisotopic (exact) mass is 264 g/mol. The number of rotatable bonds is 4. The summed E-state index contributed by atoms with van der Waals surface area (Å²) in [5.41, 5.74) is 1.01. The van der Waals surface area contributed by atoms with Gasteiger partial charge in [0, 0.05) is 23.2 Å². The number of hydrogen-bond donors (Lipinski definition) is 1. The summed E-state index contributed by atoms with van der Waals surface area (Å²) >= 11 is 1.70. The van der Waals surface area contributed by atoms with E-state index in [9.17, 15) is 4.79 Å². The molecule has 1 fully saturated rings. The molecule has 98 valence electrons. The molecule has 1 aliphatic rings. The summed E-state index contributed by atoms with van der Waals surface area (Å²) in [6.45, 7) is 4.95. The molecule has 0 radical (unpaired) electrons. The van der Waals surface area contributed by atoms with Crippen LogP contribution in [0.25, 0.3) is 0 Å². The van der Waals surface area contributed by atoms with E-state index in [-0.39, 0.29) is 11.9 Å². The van der Waals surface area contributed by atoms with Crippen LogP contribution >= 0.6 is 11.8 Å². The molecule has 0 saturated carbocycles. The summed E-state index contributed by atoms with van der Waals surface area (Å²) in [5, 5.41) is 3.32. The third-order valence-corrected chi connectivity index (χ3v) is 3.83. The van der Waals surface area contributed by atoms with E-state index in [2.05, 4.69) is 31.3 Å². The second-order valence-corrected chi connectivity index (χ2v) is 5.73. The SMILES string of the molecule is CSc1cccc(N2CCC(NC(C)C)C2=O)c1. The zero-order valence-corrected chi connectivity index (χ0v) is 12.0. The van der Waals surface area contributed by atoms with Crippen molar-refractivity contribution in [1.82, 2.24) is 5.32 Å². The maximum Gasteiger partial charge on any atom is 0.244 e. The molecule has 2 rings (SSSR count). The fourth-order valence-electron chi connectivity index (χ4n) is 2.27. The van der Waals surface area contributed by atoms with Crippen molar-refractivity contribution in [2.75, 3.05) is 17.7 Å². The van der Waals surface area contributed by atoms with Crippen molar-refractivity contribution < 1.29 is 4.79 Å². The van der Waals surface area contributed by atoms with E-state index in [4.69, 9.17) is 0 Å². The van der Waals surface area contributed by atoms with Crippen LogP contribution in [0.2, 0.25) is 0 Å². The van der Waals surface area contributed by atoms with Crippen LogP contribution in [0, 0.1) is 0 Å². The topological polar surface area (TPSA) is 32.3 Å². The first-order chi connectivity index (χ1) is 8.61. The Morgan fingerprint density at radius 1 is 1.44 bits per heavy atom. The number of anilines is 1. The van der Waals surface area contributed by atoms with Crippen LogP contribution in [0.4, 0.5) is 5.69 Å². The molecule has 1 saturated heterocycles. The minimum Gasteiger partial charge on any atom is -0.311 e. The number of thioether (sulfide) groups is 1. The van der Waals surface area contributed by atoms with Crippen LogP contribution < -0.4 is 10.2 Å². The number of nitrogens with zero attached hydrogens (tertiary/aromatic N) is 1. The van der Waals surface area contributed by atoms with Crippen LogP contribution in [0.3, 0.4) is 0 Å². The number of hydrogen-bond acceptors (Lipinski definition) is 3. The van der Waals surface area contributed by atoms with Crippen molar-refractivity contribution in [1.29, 1.82) is 0 Å². The molecule has 1 amide bonds. The molecule has 0 spiro atoms. The minimum absolute atomic E-state index is 0.0251. The lowest BCUT2D eigenvalue weighted by molar-refractivity contribution is -0.118. The highest BCUT2D eigenvalue weighted by atomic mass is 32.2. The molecule has 18 heavy (non-hydrogen) atoms. The number of amides is 1. The minimum atomic E-state index is -0.0251. The average Bonchev–Trinajstić information content (AvgIpc) is 2.70. The van der Waals surface area contributed by atoms with Gasteiger partial charge >= 0.3 is 0 Å². The molecular formula is C14H20N2OS. The summed E-state index contributed by atoms with van der Waals surface area (Å²) in [6.07, 6.45) is 2.94. The second kappa shape index (κ2) is 5.76. The number of nitrogens with one attached hydrogen (secondary N) is 1. The van der Waals surface area contributed by atoms with Gasteiger partial charge in [-0.25, -0.2) is 0 Å². The van der Waals surface area contributed by atoms with Gasteiger partial charge in [0.05, 0.1) is 6.04 Å². The Morgan fingerprint density at radius 3 is 2.89 bits per heavy atom. The first-order valence-electron chi connectivity index (χ1n) is 6.33. The van der Waals surface area contributed by atoms with E-state index in [1.165, 1.54) is 4.90 Å². The van der Waals surface area contributed by atoms with Crippen molar-refractivity contribution in [3.05, 3.63) is 24.3 Å². The van der Waals surface area contributed by atoms with Crippen LogP contribution in [0.15, 0.2) is 29.2 Å². The van der Waals surface area contributed by atoms with E-state index in [0.29, 0.717) is 6.04 Å². The van der Waals surface area contributed by atoms with Crippen molar-refractivity contribution in [2.24, 2.45) is 0 Å². The van der Waals surface area contributed by atoms with E-state index in [1.807, 2.05) is 23.3 Å². The Labute approximate surface area is 113 Å².